The Hall–Kier alpha value is -2.29. The molecule has 20 heavy (non-hydrogen) atoms. The largest absolute Gasteiger partial charge is 0.398 e. The number of rotatable bonds is 4. The molecule has 0 amide bonds. The van der Waals surface area contributed by atoms with Crippen molar-refractivity contribution in [3.63, 3.8) is 0 Å². The summed E-state index contributed by atoms with van der Waals surface area (Å²) in [7, 11) is 0. The zero-order valence-corrected chi connectivity index (χ0v) is 11.7. The van der Waals surface area contributed by atoms with Gasteiger partial charge in [-0.2, -0.15) is 0 Å². The summed E-state index contributed by atoms with van der Waals surface area (Å²) >= 11 is 1.15. The summed E-state index contributed by atoms with van der Waals surface area (Å²) in [6.45, 7) is 3.70. The molecule has 0 spiro atoms. The van der Waals surface area contributed by atoms with Crippen molar-refractivity contribution < 1.29 is 4.92 Å². The maximum absolute atomic E-state index is 11.6. The highest BCUT2D eigenvalue weighted by Gasteiger charge is 2.15. The number of hydrogen-bond acceptors (Lipinski definition) is 6. The van der Waals surface area contributed by atoms with E-state index in [4.69, 9.17) is 5.73 Å². The van der Waals surface area contributed by atoms with Gasteiger partial charge in [0.25, 0.3) is 5.69 Å². The number of aromatic nitrogens is 3. The van der Waals surface area contributed by atoms with E-state index in [2.05, 4.69) is 10.2 Å². The Balaban J connectivity index is 2.40. The molecule has 0 aliphatic carbocycles. The standard InChI is InChI=1S/C11H13N5O3S/c1-6(2)15-10(17)13-14-11(15)20-9-4-7(12)3-8(5-9)16(18)19/h3-6H,12H2,1-2H3,(H,13,17). The van der Waals surface area contributed by atoms with E-state index in [-0.39, 0.29) is 23.1 Å². The molecule has 8 nitrogen and oxygen atoms in total. The number of nitrogens with one attached hydrogen (secondary N) is 1. The Kier molecular flexibility index (Phi) is 3.79. The van der Waals surface area contributed by atoms with Crippen LogP contribution in [0.4, 0.5) is 11.4 Å². The van der Waals surface area contributed by atoms with Crippen molar-refractivity contribution in [1.29, 1.82) is 0 Å². The number of nitro groups is 1. The molecule has 0 fully saturated rings. The normalized spacial score (nSPS) is 10.9. The van der Waals surface area contributed by atoms with Gasteiger partial charge in [-0.05, 0) is 31.7 Å². The Morgan fingerprint density at radius 3 is 2.75 bits per heavy atom. The number of nitrogen functional groups attached to an aromatic ring is 1. The van der Waals surface area contributed by atoms with Crippen molar-refractivity contribution in [3.05, 3.63) is 38.8 Å². The molecule has 1 aromatic carbocycles. The molecule has 9 heteroatoms. The van der Waals surface area contributed by atoms with Gasteiger partial charge in [0.1, 0.15) is 0 Å². The zero-order valence-electron chi connectivity index (χ0n) is 10.9. The molecule has 0 bridgehead atoms. The van der Waals surface area contributed by atoms with Gasteiger partial charge in [0.2, 0.25) is 0 Å². The summed E-state index contributed by atoms with van der Waals surface area (Å²) < 4.78 is 1.47. The number of nitro benzene ring substituents is 1. The van der Waals surface area contributed by atoms with Gasteiger partial charge < -0.3 is 5.73 Å². The van der Waals surface area contributed by atoms with Crippen molar-refractivity contribution in [2.75, 3.05) is 5.73 Å². The van der Waals surface area contributed by atoms with Crippen LogP contribution in [0.2, 0.25) is 0 Å². The second kappa shape index (κ2) is 5.37. The van der Waals surface area contributed by atoms with Crippen molar-refractivity contribution >= 4 is 23.1 Å². The average Bonchev–Trinajstić information content (AvgIpc) is 2.69. The minimum absolute atomic E-state index is 0.0696. The third-order valence-electron chi connectivity index (χ3n) is 2.52. The van der Waals surface area contributed by atoms with Crippen LogP contribution in [0.5, 0.6) is 0 Å². The number of non-ortho nitro benzene ring substituents is 1. The highest BCUT2D eigenvalue weighted by molar-refractivity contribution is 7.99. The Bertz CT molecular complexity index is 706. The first-order chi connectivity index (χ1) is 9.38. The van der Waals surface area contributed by atoms with Crippen LogP contribution in [0, 0.1) is 10.1 Å². The van der Waals surface area contributed by atoms with Crippen LogP contribution in [0.25, 0.3) is 0 Å². The number of benzene rings is 1. The van der Waals surface area contributed by atoms with Gasteiger partial charge in [-0.1, -0.05) is 0 Å². The first kappa shape index (κ1) is 14.1. The number of nitrogens with zero attached hydrogens (tertiary/aromatic N) is 3. The zero-order chi connectivity index (χ0) is 14.9. The topological polar surface area (TPSA) is 120 Å². The molecule has 0 atom stereocenters. The quantitative estimate of drug-likeness (QED) is 0.504. The summed E-state index contributed by atoms with van der Waals surface area (Å²) in [6.07, 6.45) is 0. The van der Waals surface area contributed by atoms with E-state index in [9.17, 15) is 14.9 Å². The number of aromatic amines is 1. The predicted octanol–water partition coefficient (Wildman–Crippen LogP) is 1.79. The second-order valence-electron chi connectivity index (χ2n) is 4.39. The van der Waals surface area contributed by atoms with E-state index in [1.165, 1.54) is 16.7 Å². The van der Waals surface area contributed by atoms with Gasteiger partial charge in [0, 0.05) is 28.8 Å². The van der Waals surface area contributed by atoms with Crippen molar-refractivity contribution in [2.24, 2.45) is 0 Å². The second-order valence-corrected chi connectivity index (χ2v) is 5.44. The number of H-pyrrole nitrogens is 1. The lowest BCUT2D eigenvalue weighted by Crippen LogP contribution is -2.19. The van der Waals surface area contributed by atoms with Crippen LogP contribution < -0.4 is 11.4 Å². The lowest BCUT2D eigenvalue weighted by atomic mass is 10.3. The van der Waals surface area contributed by atoms with E-state index in [0.29, 0.717) is 10.1 Å². The van der Waals surface area contributed by atoms with Gasteiger partial charge in [0.05, 0.1) is 4.92 Å². The van der Waals surface area contributed by atoms with E-state index in [1.807, 2.05) is 13.8 Å². The molecule has 3 N–H and O–H groups in total. The van der Waals surface area contributed by atoms with Crippen LogP contribution in [-0.4, -0.2) is 19.7 Å². The van der Waals surface area contributed by atoms with Crippen LogP contribution in [0.3, 0.4) is 0 Å². The molecule has 2 aromatic rings. The third kappa shape index (κ3) is 2.82. The van der Waals surface area contributed by atoms with Crippen molar-refractivity contribution in [3.8, 4) is 0 Å². The van der Waals surface area contributed by atoms with Crippen LogP contribution in [-0.2, 0) is 0 Å². The van der Waals surface area contributed by atoms with E-state index in [0.717, 1.165) is 11.8 Å². The number of anilines is 1. The monoisotopic (exact) mass is 295 g/mol. The SMILES string of the molecule is CC(C)n1c(Sc2cc(N)cc([N+](=O)[O-])c2)n[nH]c1=O. The van der Waals surface area contributed by atoms with Crippen molar-refractivity contribution in [1.82, 2.24) is 14.8 Å². The first-order valence-electron chi connectivity index (χ1n) is 5.78. The Morgan fingerprint density at radius 1 is 1.45 bits per heavy atom. The highest BCUT2D eigenvalue weighted by Crippen LogP contribution is 2.31. The maximum Gasteiger partial charge on any atom is 0.344 e. The molecule has 1 heterocycles. The van der Waals surface area contributed by atoms with E-state index < -0.39 is 4.92 Å². The van der Waals surface area contributed by atoms with Gasteiger partial charge >= 0.3 is 5.69 Å². The van der Waals surface area contributed by atoms with Gasteiger partial charge in [-0.25, -0.2) is 9.89 Å². The fourth-order valence-electron chi connectivity index (χ4n) is 1.69. The van der Waals surface area contributed by atoms with Crippen LogP contribution in [0.1, 0.15) is 19.9 Å². The van der Waals surface area contributed by atoms with Gasteiger partial charge in [-0.3, -0.25) is 14.7 Å². The number of nitrogens with two attached hydrogens (primary N) is 1. The third-order valence-corrected chi connectivity index (χ3v) is 3.46. The summed E-state index contributed by atoms with van der Waals surface area (Å²) in [5.74, 6) is 0. The molecule has 0 saturated heterocycles. The average molecular weight is 295 g/mol. The fraction of sp³-hybridized carbons (Fsp3) is 0.273. The Labute approximate surface area is 118 Å². The van der Waals surface area contributed by atoms with Crippen LogP contribution >= 0.6 is 11.8 Å². The van der Waals surface area contributed by atoms with Crippen LogP contribution in [0.15, 0.2) is 33.0 Å². The highest BCUT2D eigenvalue weighted by atomic mass is 32.2. The van der Waals surface area contributed by atoms with E-state index in [1.54, 1.807) is 6.07 Å². The minimum atomic E-state index is -0.513. The molecule has 0 radical (unpaired) electrons. The first-order valence-corrected chi connectivity index (χ1v) is 6.60. The van der Waals surface area contributed by atoms with E-state index >= 15 is 0 Å². The molecular weight excluding hydrogens is 282 g/mol. The van der Waals surface area contributed by atoms with Gasteiger partial charge in [0.15, 0.2) is 5.16 Å². The summed E-state index contributed by atoms with van der Waals surface area (Å²) in [4.78, 5) is 22.5. The fourth-order valence-corrected chi connectivity index (χ4v) is 2.76. The molecule has 0 unspecified atom stereocenters. The van der Waals surface area contributed by atoms with Gasteiger partial charge in [-0.15, -0.1) is 5.10 Å². The smallest absolute Gasteiger partial charge is 0.344 e. The molecule has 0 saturated carbocycles. The van der Waals surface area contributed by atoms with Crippen molar-refractivity contribution in [2.45, 2.75) is 29.9 Å². The molecular formula is C11H13N5O3S. The summed E-state index contributed by atoms with van der Waals surface area (Å²) in [5, 5.41) is 17.5. The minimum Gasteiger partial charge on any atom is -0.398 e. The molecule has 0 aliphatic rings. The molecule has 1 aromatic heterocycles. The Morgan fingerprint density at radius 2 is 2.15 bits per heavy atom. The lowest BCUT2D eigenvalue weighted by molar-refractivity contribution is -0.385. The molecule has 2 rings (SSSR count). The molecule has 0 aliphatic heterocycles. The molecule has 106 valence electrons. The summed E-state index contributed by atoms with van der Waals surface area (Å²) in [6, 6.07) is 4.20. The summed E-state index contributed by atoms with van der Waals surface area (Å²) in [5.41, 5.74) is 5.51. The maximum atomic E-state index is 11.6. The lowest BCUT2D eigenvalue weighted by Gasteiger charge is -2.08. The predicted molar refractivity (Wildman–Crippen MR) is 74.9 cm³/mol. The number of hydrogen-bond donors (Lipinski definition) is 2.